The zero-order chi connectivity index (χ0) is 18.0. The average Bonchev–Trinajstić information content (AvgIpc) is 3.19. The quantitative estimate of drug-likeness (QED) is 0.474. The van der Waals surface area contributed by atoms with Crippen LogP contribution in [0.4, 0.5) is 4.79 Å². The van der Waals surface area contributed by atoms with Crippen molar-refractivity contribution < 1.29 is 4.79 Å². The van der Waals surface area contributed by atoms with Crippen molar-refractivity contribution in [1.29, 1.82) is 0 Å². The lowest BCUT2D eigenvalue weighted by Gasteiger charge is -2.08. The molecule has 26 heavy (non-hydrogen) atoms. The predicted molar refractivity (Wildman–Crippen MR) is 103 cm³/mol. The Kier molecular flexibility index (Phi) is 6.66. The van der Waals surface area contributed by atoms with Crippen molar-refractivity contribution in [1.82, 2.24) is 25.4 Å². The van der Waals surface area contributed by atoms with E-state index in [1.807, 2.05) is 42.5 Å². The molecule has 0 bridgehead atoms. The molecule has 0 aliphatic rings. The van der Waals surface area contributed by atoms with E-state index in [1.54, 1.807) is 22.8 Å². The van der Waals surface area contributed by atoms with E-state index in [0.717, 1.165) is 16.9 Å². The van der Waals surface area contributed by atoms with Gasteiger partial charge in [-0.05, 0) is 23.3 Å². The van der Waals surface area contributed by atoms with Crippen LogP contribution in [0, 0.1) is 0 Å². The number of benzene rings is 2. The van der Waals surface area contributed by atoms with Gasteiger partial charge in [-0.25, -0.2) is 14.5 Å². The summed E-state index contributed by atoms with van der Waals surface area (Å²) in [6.45, 7) is 1.82. The number of thioether (sulfide) groups is 1. The number of amides is 2. The van der Waals surface area contributed by atoms with Gasteiger partial charge >= 0.3 is 6.03 Å². The number of aromatic nitrogens is 3. The highest BCUT2D eigenvalue weighted by atomic mass is 32.2. The lowest BCUT2D eigenvalue weighted by Crippen LogP contribution is -2.36. The van der Waals surface area contributed by atoms with E-state index in [9.17, 15) is 4.79 Å². The predicted octanol–water partition coefficient (Wildman–Crippen LogP) is 2.92. The second-order valence-corrected chi connectivity index (χ2v) is 6.85. The van der Waals surface area contributed by atoms with Gasteiger partial charge in [0.25, 0.3) is 0 Å². The number of carbonyl (C=O) groups excluding carboxylic acids is 1. The van der Waals surface area contributed by atoms with Crippen LogP contribution in [0.5, 0.6) is 0 Å². The van der Waals surface area contributed by atoms with Gasteiger partial charge in [0, 0.05) is 23.7 Å². The van der Waals surface area contributed by atoms with Gasteiger partial charge < -0.3 is 10.6 Å². The summed E-state index contributed by atoms with van der Waals surface area (Å²) in [6, 6.07) is 18.1. The van der Waals surface area contributed by atoms with E-state index in [2.05, 4.69) is 32.8 Å². The normalized spacial score (nSPS) is 10.5. The topological polar surface area (TPSA) is 71.8 Å². The van der Waals surface area contributed by atoms with Crippen molar-refractivity contribution in [2.75, 3.05) is 12.3 Å². The van der Waals surface area contributed by atoms with Crippen LogP contribution < -0.4 is 10.6 Å². The summed E-state index contributed by atoms with van der Waals surface area (Å²) in [4.78, 5) is 17.0. The first-order chi connectivity index (χ1) is 12.8. The van der Waals surface area contributed by atoms with Crippen molar-refractivity contribution in [2.24, 2.45) is 0 Å². The molecule has 0 spiro atoms. The number of nitrogens with one attached hydrogen (secondary N) is 2. The van der Waals surface area contributed by atoms with Gasteiger partial charge in [0.15, 0.2) is 0 Å². The molecule has 2 amide bonds. The van der Waals surface area contributed by atoms with Crippen molar-refractivity contribution in [3.8, 4) is 0 Å². The summed E-state index contributed by atoms with van der Waals surface area (Å²) in [6.07, 6.45) is 3.21. The van der Waals surface area contributed by atoms with Crippen LogP contribution in [0.25, 0.3) is 0 Å². The Morgan fingerprint density at radius 1 is 1.00 bits per heavy atom. The highest BCUT2D eigenvalue weighted by Gasteiger charge is 2.01. The average molecular weight is 367 g/mol. The summed E-state index contributed by atoms with van der Waals surface area (Å²) in [5.41, 5.74) is 2.20. The zero-order valence-electron chi connectivity index (χ0n) is 14.3. The highest BCUT2D eigenvalue weighted by molar-refractivity contribution is 7.99. The van der Waals surface area contributed by atoms with Crippen molar-refractivity contribution in [3.05, 3.63) is 78.4 Å². The lowest BCUT2D eigenvalue weighted by molar-refractivity contribution is 0.241. The van der Waals surface area contributed by atoms with E-state index in [-0.39, 0.29) is 6.03 Å². The Morgan fingerprint density at radius 2 is 1.77 bits per heavy atom. The first-order valence-electron chi connectivity index (χ1n) is 8.39. The lowest BCUT2D eigenvalue weighted by atomic mass is 10.1. The summed E-state index contributed by atoms with van der Waals surface area (Å²) in [5, 5.41) is 9.84. The minimum atomic E-state index is -0.148. The third-order valence-electron chi connectivity index (χ3n) is 3.69. The fraction of sp³-hybridized carbons (Fsp3) is 0.211. The van der Waals surface area contributed by atoms with Gasteiger partial charge in [-0.1, -0.05) is 42.5 Å². The number of hydrogen-bond acceptors (Lipinski definition) is 4. The SMILES string of the molecule is O=C(NCCSc1ccccc1)NCc1ccc(Cn2cncn2)cc1. The van der Waals surface area contributed by atoms with Crippen LogP contribution in [0.2, 0.25) is 0 Å². The molecule has 1 heterocycles. The van der Waals surface area contributed by atoms with Crippen molar-refractivity contribution >= 4 is 17.8 Å². The minimum absolute atomic E-state index is 0.148. The molecule has 0 aliphatic carbocycles. The van der Waals surface area contributed by atoms with Gasteiger partial charge in [0.1, 0.15) is 12.7 Å². The maximum atomic E-state index is 11.9. The number of hydrogen-bond donors (Lipinski definition) is 2. The fourth-order valence-corrected chi connectivity index (χ4v) is 3.15. The van der Waals surface area contributed by atoms with E-state index in [4.69, 9.17) is 0 Å². The van der Waals surface area contributed by atoms with Gasteiger partial charge in [0.2, 0.25) is 0 Å². The zero-order valence-corrected chi connectivity index (χ0v) is 15.2. The molecule has 2 aromatic carbocycles. The molecule has 134 valence electrons. The molecular formula is C19H21N5OS. The second kappa shape index (κ2) is 9.62. The molecule has 0 radical (unpaired) electrons. The second-order valence-electron chi connectivity index (χ2n) is 5.68. The number of urea groups is 1. The number of nitrogens with zero attached hydrogens (tertiary/aromatic N) is 3. The Bertz CT molecular complexity index is 791. The van der Waals surface area contributed by atoms with E-state index in [1.165, 1.54) is 11.2 Å². The summed E-state index contributed by atoms with van der Waals surface area (Å²) < 4.78 is 1.77. The monoisotopic (exact) mass is 367 g/mol. The van der Waals surface area contributed by atoms with Crippen LogP contribution >= 0.6 is 11.8 Å². The molecule has 6 nitrogen and oxygen atoms in total. The molecule has 3 rings (SSSR count). The van der Waals surface area contributed by atoms with Crippen LogP contribution in [0.3, 0.4) is 0 Å². The van der Waals surface area contributed by atoms with Crippen LogP contribution in [-0.2, 0) is 13.1 Å². The van der Waals surface area contributed by atoms with Gasteiger partial charge in [-0.3, -0.25) is 0 Å². The molecule has 0 atom stereocenters. The maximum absolute atomic E-state index is 11.9. The molecule has 7 heteroatoms. The molecular weight excluding hydrogens is 346 g/mol. The Morgan fingerprint density at radius 3 is 2.50 bits per heavy atom. The van der Waals surface area contributed by atoms with Crippen LogP contribution in [0.15, 0.2) is 72.1 Å². The third-order valence-corrected chi connectivity index (χ3v) is 4.70. The van der Waals surface area contributed by atoms with Gasteiger partial charge in [-0.15, -0.1) is 11.8 Å². The van der Waals surface area contributed by atoms with Gasteiger partial charge in [-0.2, -0.15) is 5.10 Å². The summed E-state index contributed by atoms with van der Waals surface area (Å²) >= 11 is 1.73. The van der Waals surface area contributed by atoms with E-state index >= 15 is 0 Å². The molecule has 0 aliphatic heterocycles. The molecule has 3 aromatic rings. The van der Waals surface area contributed by atoms with Crippen LogP contribution in [-0.4, -0.2) is 33.1 Å². The van der Waals surface area contributed by atoms with Crippen LogP contribution in [0.1, 0.15) is 11.1 Å². The number of carbonyl (C=O) groups is 1. The minimum Gasteiger partial charge on any atom is -0.337 e. The summed E-state index contributed by atoms with van der Waals surface area (Å²) in [7, 11) is 0. The molecule has 0 saturated heterocycles. The molecule has 1 aromatic heterocycles. The Balaban J connectivity index is 1.33. The third kappa shape index (κ3) is 5.93. The molecule has 0 unspecified atom stereocenters. The molecule has 0 fully saturated rings. The fourth-order valence-electron chi connectivity index (χ4n) is 2.36. The molecule has 2 N–H and O–H groups in total. The largest absolute Gasteiger partial charge is 0.337 e. The van der Waals surface area contributed by atoms with E-state index < -0.39 is 0 Å². The first-order valence-corrected chi connectivity index (χ1v) is 9.38. The van der Waals surface area contributed by atoms with Crippen molar-refractivity contribution in [3.63, 3.8) is 0 Å². The number of rotatable bonds is 8. The Hall–Kier alpha value is -2.80. The Labute approximate surface area is 157 Å². The maximum Gasteiger partial charge on any atom is 0.315 e. The smallest absolute Gasteiger partial charge is 0.315 e. The van der Waals surface area contributed by atoms with Crippen molar-refractivity contribution in [2.45, 2.75) is 18.0 Å². The van der Waals surface area contributed by atoms with Gasteiger partial charge in [0.05, 0.1) is 6.54 Å². The molecule has 0 saturated carbocycles. The highest BCUT2D eigenvalue weighted by Crippen LogP contribution is 2.15. The first kappa shape index (κ1) is 18.0. The standard InChI is InChI=1S/C19H21N5OS/c25-19(21-10-11-26-18-4-2-1-3-5-18)22-12-16-6-8-17(9-7-16)13-24-15-20-14-23-24/h1-9,14-15H,10-13H2,(H2,21,22,25). The van der Waals surface area contributed by atoms with E-state index in [0.29, 0.717) is 19.6 Å². The summed E-state index contributed by atoms with van der Waals surface area (Å²) in [5.74, 6) is 0.842.